The molecule has 0 aromatic carbocycles. The van der Waals surface area contributed by atoms with Crippen LogP contribution < -0.4 is 10.5 Å². The molecule has 1 atom stereocenters. The first-order chi connectivity index (χ1) is 7.12. The Morgan fingerprint density at radius 3 is 2.38 bits per heavy atom. The largest absolute Gasteiger partial charge is 0.389 e. The number of rotatable bonds is 7. The van der Waals surface area contributed by atoms with Gasteiger partial charge in [0.2, 0.25) is 10.0 Å². The van der Waals surface area contributed by atoms with E-state index in [-0.39, 0.29) is 12.6 Å². The molecule has 8 heteroatoms. The minimum absolute atomic E-state index is 0.141. The molecule has 0 saturated heterocycles. The van der Waals surface area contributed by atoms with Crippen molar-refractivity contribution >= 4 is 10.0 Å². The molecule has 0 aliphatic carbocycles. The minimum atomic E-state index is -4.30. The van der Waals surface area contributed by atoms with Crippen molar-refractivity contribution in [2.24, 2.45) is 5.73 Å². The van der Waals surface area contributed by atoms with Crippen LogP contribution in [0.3, 0.4) is 0 Å². The van der Waals surface area contributed by atoms with E-state index in [9.17, 15) is 21.6 Å². The maximum atomic E-state index is 11.8. The summed E-state index contributed by atoms with van der Waals surface area (Å²) in [4.78, 5) is 0. The second kappa shape index (κ2) is 6.41. The van der Waals surface area contributed by atoms with Crippen molar-refractivity contribution in [3.63, 3.8) is 0 Å². The summed E-state index contributed by atoms with van der Waals surface area (Å²) in [7, 11) is -3.61. The molecular weight excluding hydrogens is 245 g/mol. The molecule has 1 unspecified atom stereocenters. The van der Waals surface area contributed by atoms with Gasteiger partial charge in [0, 0.05) is 19.0 Å². The molecule has 0 fully saturated rings. The van der Waals surface area contributed by atoms with E-state index >= 15 is 0 Å². The smallest absolute Gasteiger partial charge is 0.328 e. The third kappa shape index (κ3) is 10.2. The predicted octanol–water partition coefficient (Wildman–Crippen LogP) is 0.986. The fourth-order valence-electron chi connectivity index (χ4n) is 0.977. The Morgan fingerprint density at radius 1 is 1.38 bits per heavy atom. The molecule has 0 heterocycles. The van der Waals surface area contributed by atoms with Crippen molar-refractivity contribution in [3.8, 4) is 0 Å². The number of sulfonamides is 1. The third-order valence-corrected chi connectivity index (χ3v) is 3.27. The van der Waals surface area contributed by atoms with Gasteiger partial charge in [-0.15, -0.1) is 0 Å². The molecule has 0 aromatic heterocycles. The number of nitrogens with one attached hydrogen (secondary N) is 1. The van der Waals surface area contributed by atoms with Gasteiger partial charge in [-0.25, -0.2) is 13.1 Å². The lowest BCUT2D eigenvalue weighted by Gasteiger charge is -2.09. The number of hydrogen-bond donors (Lipinski definition) is 2. The summed E-state index contributed by atoms with van der Waals surface area (Å²) in [6, 6.07) is -0.141. The van der Waals surface area contributed by atoms with Gasteiger partial charge < -0.3 is 5.73 Å². The first-order valence-corrected chi connectivity index (χ1v) is 6.57. The Morgan fingerprint density at radius 2 is 1.94 bits per heavy atom. The Labute approximate surface area is 93.4 Å². The number of nitrogens with two attached hydrogens (primary N) is 1. The summed E-state index contributed by atoms with van der Waals surface area (Å²) in [5.41, 5.74) is 5.40. The number of hydrogen-bond acceptors (Lipinski definition) is 3. The predicted molar refractivity (Wildman–Crippen MR) is 55.3 cm³/mol. The summed E-state index contributed by atoms with van der Waals surface area (Å²) < 4.78 is 59.8. The van der Waals surface area contributed by atoms with Gasteiger partial charge in [0.1, 0.15) is 0 Å². The molecule has 0 radical (unpaired) electrons. The first-order valence-electron chi connectivity index (χ1n) is 4.92. The van der Waals surface area contributed by atoms with E-state index in [1.165, 1.54) is 0 Å². The maximum absolute atomic E-state index is 11.8. The summed E-state index contributed by atoms with van der Waals surface area (Å²) in [5, 5.41) is 0. The highest BCUT2D eigenvalue weighted by Gasteiger charge is 2.27. The topological polar surface area (TPSA) is 72.2 Å². The van der Waals surface area contributed by atoms with Crippen LogP contribution in [0.15, 0.2) is 0 Å². The standard InChI is InChI=1S/C8H17F3N2O2S/c1-7(12)3-5-13-16(14,15)6-2-4-8(9,10)11/h7,13H,2-6,12H2,1H3. The van der Waals surface area contributed by atoms with E-state index in [1.807, 2.05) is 0 Å². The summed E-state index contributed by atoms with van der Waals surface area (Å²) in [6.45, 7) is 1.88. The summed E-state index contributed by atoms with van der Waals surface area (Å²) in [5.74, 6) is -0.508. The molecular formula is C8H17F3N2O2S. The van der Waals surface area contributed by atoms with Crippen molar-refractivity contribution in [2.75, 3.05) is 12.3 Å². The molecule has 16 heavy (non-hydrogen) atoms. The third-order valence-electron chi connectivity index (χ3n) is 1.79. The summed E-state index contributed by atoms with van der Waals surface area (Å²) in [6.07, 6.45) is -5.35. The van der Waals surface area contributed by atoms with E-state index in [4.69, 9.17) is 5.73 Å². The van der Waals surface area contributed by atoms with Gasteiger partial charge in [-0.2, -0.15) is 13.2 Å². The average molecular weight is 262 g/mol. The zero-order chi connectivity index (χ0) is 12.8. The highest BCUT2D eigenvalue weighted by atomic mass is 32.2. The SMILES string of the molecule is CC(N)CCNS(=O)(=O)CCCC(F)(F)F. The lowest BCUT2D eigenvalue weighted by molar-refractivity contribution is -0.134. The van der Waals surface area contributed by atoms with Gasteiger partial charge in [-0.1, -0.05) is 0 Å². The van der Waals surface area contributed by atoms with Crippen LogP contribution in [0.25, 0.3) is 0 Å². The molecule has 0 aliphatic heterocycles. The first kappa shape index (κ1) is 15.7. The molecule has 0 amide bonds. The lowest BCUT2D eigenvalue weighted by atomic mass is 10.3. The van der Waals surface area contributed by atoms with Crippen LogP contribution in [0.4, 0.5) is 13.2 Å². The van der Waals surface area contributed by atoms with Crippen LogP contribution in [-0.4, -0.2) is 32.9 Å². The molecule has 0 saturated carbocycles. The van der Waals surface area contributed by atoms with Gasteiger partial charge in [0.15, 0.2) is 0 Å². The van der Waals surface area contributed by atoms with Crippen molar-refractivity contribution in [1.29, 1.82) is 0 Å². The number of halogens is 3. The van der Waals surface area contributed by atoms with Gasteiger partial charge in [0.05, 0.1) is 5.75 Å². The van der Waals surface area contributed by atoms with Crippen LogP contribution in [0.2, 0.25) is 0 Å². The average Bonchev–Trinajstić information content (AvgIpc) is 1.99. The molecule has 4 nitrogen and oxygen atoms in total. The Hall–Kier alpha value is -0.340. The zero-order valence-electron chi connectivity index (χ0n) is 9.05. The van der Waals surface area contributed by atoms with Crippen LogP contribution in [0.1, 0.15) is 26.2 Å². The molecule has 0 bridgehead atoms. The second-order valence-electron chi connectivity index (χ2n) is 3.70. The fourth-order valence-corrected chi connectivity index (χ4v) is 2.07. The van der Waals surface area contributed by atoms with Crippen LogP contribution in [0, 0.1) is 0 Å². The summed E-state index contributed by atoms with van der Waals surface area (Å²) >= 11 is 0. The highest BCUT2D eigenvalue weighted by molar-refractivity contribution is 7.89. The lowest BCUT2D eigenvalue weighted by Crippen LogP contribution is -2.31. The van der Waals surface area contributed by atoms with E-state index < -0.39 is 34.8 Å². The van der Waals surface area contributed by atoms with Gasteiger partial charge in [0.25, 0.3) is 0 Å². The Kier molecular flexibility index (Phi) is 6.27. The van der Waals surface area contributed by atoms with Gasteiger partial charge in [-0.05, 0) is 19.8 Å². The van der Waals surface area contributed by atoms with E-state index in [2.05, 4.69) is 4.72 Å². The van der Waals surface area contributed by atoms with Crippen LogP contribution >= 0.6 is 0 Å². The molecule has 3 N–H and O–H groups in total. The van der Waals surface area contributed by atoms with Crippen molar-refractivity contribution in [3.05, 3.63) is 0 Å². The van der Waals surface area contributed by atoms with E-state index in [0.29, 0.717) is 6.42 Å². The second-order valence-corrected chi connectivity index (χ2v) is 5.62. The highest BCUT2D eigenvalue weighted by Crippen LogP contribution is 2.21. The van der Waals surface area contributed by atoms with Crippen molar-refractivity contribution < 1.29 is 21.6 Å². The van der Waals surface area contributed by atoms with E-state index in [0.717, 1.165) is 0 Å². The Bertz CT molecular complexity index is 288. The van der Waals surface area contributed by atoms with Crippen LogP contribution in [0.5, 0.6) is 0 Å². The molecule has 0 rings (SSSR count). The minimum Gasteiger partial charge on any atom is -0.328 e. The molecule has 0 aromatic rings. The maximum Gasteiger partial charge on any atom is 0.389 e. The number of alkyl halides is 3. The Balaban J connectivity index is 3.80. The van der Waals surface area contributed by atoms with E-state index in [1.54, 1.807) is 6.92 Å². The monoisotopic (exact) mass is 262 g/mol. The van der Waals surface area contributed by atoms with Gasteiger partial charge >= 0.3 is 6.18 Å². The molecule has 0 spiro atoms. The molecule has 0 aliphatic rings. The van der Waals surface area contributed by atoms with Crippen LogP contribution in [-0.2, 0) is 10.0 Å². The molecule has 98 valence electrons. The quantitative estimate of drug-likeness (QED) is 0.718. The fraction of sp³-hybridized carbons (Fsp3) is 1.00. The zero-order valence-corrected chi connectivity index (χ0v) is 9.87. The van der Waals surface area contributed by atoms with Crippen molar-refractivity contribution in [2.45, 2.75) is 38.4 Å². The normalized spacial score (nSPS) is 15.1. The van der Waals surface area contributed by atoms with Crippen molar-refractivity contribution in [1.82, 2.24) is 4.72 Å². The van der Waals surface area contributed by atoms with Gasteiger partial charge in [-0.3, -0.25) is 0 Å².